The summed E-state index contributed by atoms with van der Waals surface area (Å²) >= 11 is 0. The topological polar surface area (TPSA) is 71.8 Å². The highest BCUT2D eigenvalue weighted by Crippen LogP contribution is 2.31. The van der Waals surface area contributed by atoms with Crippen LogP contribution in [0.5, 0.6) is 5.88 Å². The number of aryl methyl sites for hydroxylation is 2. The fourth-order valence-corrected chi connectivity index (χ4v) is 4.51. The molecule has 7 heteroatoms. The summed E-state index contributed by atoms with van der Waals surface area (Å²) in [5.41, 5.74) is 4.24. The van der Waals surface area contributed by atoms with Crippen LogP contribution in [0.1, 0.15) is 37.8 Å². The monoisotopic (exact) mass is 442 g/mol. The number of nitrogens with zero attached hydrogens (tertiary/aromatic N) is 2. The average molecular weight is 443 g/mol. The van der Waals surface area contributed by atoms with Crippen molar-refractivity contribution in [2.24, 2.45) is 5.92 Å². The predicted octanol–water partition coefficient (Wildman–Crippen LogP) is 3.25. The lowest BCUT2D eigenvalue weighted by Crippen LogP contribution is -2.34. The van der Waals surface area contributed by atoms with E-state index >= 15 is 0 Å². The summed E-state index contributed by atoms with van der Waals surface area (Å²) in [6.07, 6.45) is 4.08. The van der Waals surface area contributed by atoms with Crippen LogP contribution in [0.15, 0.2) is 29.1 Å². The molecular formula is C25H34N2O5. The molecule has 3 atom stereocenters. The molecule has 0 aliphatic carbocycles. The first-order valence-electron chi connectivity index (χ1n) is 11.7. The van der Waals surface area contributed by atoms with Gasteiger partial charge in [0.15, 0.2) is 0 Å². The Morgan fingerprint density at radius 3 is 2.91 bits per heavy atom. The van der Waals surface area contributed by atoms with Crippen LogP contribution in [-0.4, -0.2) is 55.3 Å². The number of aromatic nitrogens is 2. The molecule has 2 unspecified atom stereocenters. The van der Waals surface area contributed by atoms with Gasteiger partial charge in [-0.2, -0.15) is 4.98 Å². The number of rotatable bonds is 9. The van der Waals surface area contributed by atoms with Gasteiger partial charge in [-0.1, -0.05) is 38.5 Å². The molecule has 0 saturated carbocycles. The Labute approximate surface area is 189 Å². The largest absolute Gasteiger partial charge is 0.475 e. The molecule has 3 heterocycles. The molecule has 1 saturated heterocycles. The van der Waals surface area contributed by atoms with Gasteiger partial charge in [0.2, 0.25) is 5.88 Å². The van der Waals surface area contributed by atoms with E-state index in [0.29, 0.717) is 44.8 Å². The van der Waals surface area contributed by atoms with Crippen LogP contribution < -0.4 is 10.4 Å². The first kappa shape index (κ1) is 23.0. The normalized spacial score (nSPS) is 19.7. The van der Waals surface area contributed by atoms with Crippen molar-refractivity contribution < 1.29 is 18.9 Å². The summed E-state index contributed by atoms with van der Waals surface area (Å²) in [5.74, 6) is 0.886. The molecule has 0 spiro atoms. The lowest BCUT2D eigenvalue weighted by atomic mass is 9.92. The van der Waals surface area contributed by atoms with Crippen molar-refractivity contribution in [2.75, 3.05) is 33.5 Å². The smallest absolute Gasteiger partial charge is 0.351 e. The van der Waals surface area contributed by atoms with Gasteiger partial charge in [-0.25, -0.2) is 4.79 Å². The molecule has 2 aliphatic heterocycles. The van der Waals surface area contributed by atoms with Crippen LogP contribution in [0.25, 0.3) is 11.3 Å². The maximum Gasteiger partial charge on any atom is 0.351 e. The molecule has 1 aromatic heterocycles. The third-order valence-electron chi connectivity index (χ3n) is 6.64. The summed E-state index contributed by atoms with van der Waals surface area (Å²) in [6.45, 7) is 7.07. The maximum atomic E-state index is 12.6. The van der Waals surface area contributed by atoms with Gasteiger partial charge in [0.05, 0.1) is 31.6 Å². The summed E-state index contributed by atoms with van der Waals surface area (Å²) in [6, 6.07) is 8.44. The minimum Gasteiger partial charge on any atom is -0.475 e. The first-order valence-corrected chi connectivity index (χ1v) is 11.7. The Hall–Kier alpha value is -2.22. The zero-order chi connectivity index (χ0) is 22.5. The van der Waals surface area contributed by atoms with Gasteiger partial charge in [-0.3, -0.25) is 4.57 Å². The molecular weight excluding hydrogens is 408 g/mol. The number of hydrogen-bond acceptors (Lipinski definition) is 6. The van der Waals surface area contributed by atoms with E-state index < -0.39 is 0 Å². The Morgan fingerprint density at radius 2 is 2.16 bits per heavy atom. The number of ether oxygens (including phenoxy) is 4. The minimum absolute atomic E-state index is 0.134. The van der Waals surface area contributed by atoms with Gasteiger partial charge in [-0.15, -0.1) is 0 Å². The number of methoxy groups -OCH3 is 1. The maximum absolute atomic E-state index is 12.6. The SMILES string of the molecule is CCC(C)C(CCc1ccc2c(c1)CCn1c-2cc(OC[C@@H]2COCCO2)nc1=O)OC. The molecule has 2 aliphatic rings. The summed E-state index contributed by atoms with van der Waals surface area (Å²) < 4.78 is 24.3. The van der Waals surface area contributed by atoms with Gasteiger partial charge < -0.3 is 18.9 Å². The van der Waals surface area contributed by atoms with E-state index in [9.17, 15) is 4.79 Å². The highest BCUT2D eigenvalue weighted by molar-refractivity contribution is 5.67. The van der Waals surface area contributed by atoms with Crippen LogP contribution >= 0.6 is 0 Å². The lowest BCUT2D eigenvalue weighted by molar-refractivity contribution is -0.102. The van der Waals surface area contributed by atoms with Crippen LogP contribution in [0, 0.1) is 5.92 Å². The Morgan fingerprint density at radius 1 is 1.28 bits per heavy atom. The standard InChI is InChI=1S/C25H34N2O5/c1-4-17(2)23(29-3)8-6-18-5-7-21-19(13-18)9-10-27-22(21)14-24(26-25(27)28)32-16-20-15-30-11-12-31-20/h5,7,13-14,17,20,23H,4,6,8-12,15-16H2,1-3H3/t17?,20-,23?/m0/s1. The van der Waals surface area contributed by atoms with Gasteiger partial charge in [0.25, 0.3) is 0 Å². The van der Waals surface area contributed by atoms with Crippen LogP contribution in [0.2, 0.25) is 0 Å². The van der Waals surface area contributed by atoms with E-state index in [1.165, 1.54) is 11.1 Å². The summed E-state index contributed by atoms with van der Waals surface area (Å²) in [4.78, 5) is 16.7. The van der Waals surface area contributed by atoms with E-state index in [-0.39, 0.29) is 17.9 Å². The molecule has 0 bridgehead atoms. The number of fused-ring (bicyclic) bond motifs is 3. The highest BCUT2D eigenvalue weighted by Gasteiger charge is 2.21. The predicted molar refractivity (Wildman–Crippen MR) is 122 cm³/mol. The number of benzene rings is 1. The molecule has 2 aromatic rings. The number of hydrogen-bond donors (Lipinski definition) is 0. The zero-order valence-corrected chi connectivity index (χ0v) is 19.3. The molecule has 174 valence electrons. The van der Waals surface area contributed by atoms with Crippen molar-refractivity contribution in [3.63, 3.8) is 0 Å². The Bertz CT molecular complexity index is 967. The fraction of sp³-hybridized carbons (Fsp3) is 0.600. The second-order valence-electron chi connectivity index (χ2n) is 8.73. The quantitative estimate of drug-likeness (QED) is 0.594. The molecule has 1 fully saturated rings. The molecule has 32 heavy (non-hydrogen) atoms. The zero-order valence-electron chi connectivity index (χ0n) is 19.3. The van der Waals surface area contributed by atoms with Crippen molar-refractivity contribution in [3.05, 3.63) is 45.9 Å². The Balaban J connectivity index is 1.49. The van der Waals surface area contributed by atoms with Crippen molar-refractivity contribution in [1.82, 2.24) is 9.55 Å². The van der Waals surface area contributed by atoms with Gasteiger partial charge in [0, 0.05) is 25.3 Å². The third kappa shape index (κ3) is 5.22. The van der Waals surface area contributed by atoms with Crippen molar-refractivity contribution in [3.8, 4) is 17.1 Å². The average Bonchev–Trinajstić information content (AvgIpc) is 2.83. The summed E-state index contributed by atoms with van der Waals surface area (Å²) in [7, 11) is 1.81. The van der Waals surface area contributed by atoms with Crippen molar-refractivity contribution in [1.29, 1.82) is 0 Å². The van der Waals surface area contributed by atoms with E-state index in [1.54, 1.807) is 11.7 Å². The summed E-state index contributed by atoms with van der Waals surface area (Å²) in [5, 5.41) is 0. The minimum atomic E-state index is -0.274. The van der Waals surface area contributed by atoms with Gasteiger partial charge in [-0.05, 0) is 36.3 Å². The molecule has 0 amide bonds. The van der Waals surface area contributed by atoms with Crippen molar-refractivity contribution >= 4 is 0 Å². The van der Waals surface area contributed by atoms with E-state index in [4.69, 9.17) is 18.9 Å². The van der Waals surface area contributed by atoms with Crippen LogP contribution in [0.4, 0.5) is 0 Å². The fourth-order valence-electron chi connectivity index (χ4n) is 4.51. The molecule has 1 aromatic carbocycles. The van der Waals surface area contributed by atoms with E-state index in [2.05, 4.69) is 37.0 Å². The first-order chi connectivity index (χ1) is 15.6. The van der Waals surface area contributed by atoms with Gasteiger partial charge >= 0.3 is 5.69 Å². The van der Waals surface area contributed by atoms with Crippen molar-refractivity contribution in [2.45, 2.75) is 58.3 Å². The molecule has 0 N–H and O–H groups in total. The lowest BCUT2D eigenvalue weighted by Gasteiger charge is -2.25. The van der Waals surface area contributed by atoms with E-state index in [1.807, 2.05) is 6.07 Å². The molecule has 7 nitrogen and oxygen atoms in total. The second kappa shape index (κ2) is 10.6. The molecule has 0 radical (unpaired) electrons. The third-order valence-corrected chi connectivity index (χ3v) is 6.64. The Kier molecular flexibility index (Phi) is 7.60. The highest BCUT2D eigenvalue weighted by atomic mass is 16.6. The van der Waals surface area contributed by atoms with Crippen LogP contribution in [0.3, 0.4) is 0 Å². The van der Waals surface area contributed by atoms with Crippen LogP contribution in [-0.2, 0) is 33.6 Å². The second-order valence-corrected chi connectivity index (χ2v) is 8.73. The molecule has 4 rings (SSSR count). The van der Waals surface area contributed by atoms with Gasteiger partial charge in [0.1, 0.15) is 12.7 Å². The van der Waals surface area contributed by atoms with E-state index in [0.717, 1.165) is 36.9 Å².